The Balaban J connectivity index is 1.46. The van der Waals surface area contributed by atoms with Crippen molar-refractivity contribution in [2.75, 3.05) is 6.54 Å². The Morgan fingerprint density at radius 2 is 1.76 bits per heavy atom. The largest absolute Gasteiger partial charge is 0.489 e. The number of benzene rings is 2. The summed E-state index contributed by atoms with van der Waals surface area (Å²) in [6.45, 7) is -0.264. The number of nitrogens with one attached hydrogen (secondary N) is 1. The average Bonchev–Trinajstić information content (AvgIpc) is 3.29. The van der Waals surface area contributed by atoms with E-state index in [9.17, 15) is 19.2 Å². The van der Waals surface area contributed by atoms with Crippen LogP contribution in [0, 0.1) is 5.92 Å². The number of hydrogen-bond acceptors (Lipinski definition) is 7. The third-order valence-corrected chi connectivity index (χ3v) is 8.10. The van der Waals surface area contributed by atoms with Crippen molar-refractivity contribution in [3.05, 3.63) is 80.3 Å². The second-order valence-electron chi connectivity index (χ2n) is 7.75. The second-order valence-corrected chi connectivity index (χ2v) is 9.92. The number of nitrogens with zero attached hydrogens (tertiary/aromatic N) is 1. The summed E-state index contributed by atoms with van der Waals surface area (Å²) in [6, 6.07) is 17.0. The Kier molecular flexibility index (Phi) is 5.55. The quantitative estimate of drug-likeness (QED) is 0.519. The number of aromatic amines is 1. The first-order valence-corrected chi connectivity index (χ1v) is 11.9. The number of H-pyrrole nitrogens is 1. The number of aliphatic carboxylic acids is 1. The van der Waals surface area contributed by atoms with Crippen LogP contribution in [-0.4, -0.2) is 44.6 Å². The molecular formula is C23H18N2O6S2. The van der Waals surface area contributed by atoms with Crippen molar-refractivity contribution >= 4 is 40.9 Å². The number of hydrogen-bond donors (Lipinski definition) is 2. The predicted octanol–water partition coefficient (Wildman–Crippen LogP) is 2.69. The number of carbonyl (C=O) groups is 3. The van der Waals surface area contributed by atoms with Crippen molar-refractivity contribution in [1.29, 1.82) is 0 Å². The van der Waals surface area contributed by atoms with Gasteiger partial charge in [0.05, 0.1) is 10.9 Å². The summed E-state index contributed by atoms with van der Waals surface area (Å²) in [6.07, 6.45) is 0. The van der Waals surface area contributed by atoms with E-state index in [0.717, 1.165) is 39.1 Å². The van der Waals surface area contributed by atoms with E-state index >= 15 is 0 Å². The van der Waals surface area contributed by atoms with Crippen molar-refractivity contribution in [2.45, 2.75) is 22.8 Å². The van der Waals surface area contributed by atoms with Gasteiger partial charge in [0.2, 0.25) is 11.8 Å². The molecule has 8 nitrogen and oxygen atoms in total. The zero-order chi connectivity index (χ0) is 23.1. The Morgan fingerprint density at radius 1 is 1.03 bits per heavy atom. The Morgan fingerprint density at radius 3 is 2.45 bits per heavy atom. The molecule has 3 heterocycles. The first-order chi connectivity index (χ1) is 15.9. The van der Waals surface area contributed by atoms with E-state index in [1.54, 1.807) is 12.1 Å². The second kappa shape index (κ2) is 8.53. The number of fused-ring (bicyclic) bond motifs is 2. The Labute approximate surface area is 196 Å². The molecule has 0 spiro atoms. The molecule has 1 fully saturated rings. The van der Waals surface area contributed by atoms with Gasteiger partial charge in [-0.2, -0.15) is 0 Å². The molecule has 33 heavy (non-hydrogen) atoms. The normalized spacial score (nSPS) is 21.6. The van der Waals surface area contributed by atoms with Gasteiger partial charge >= 0.3 is 10.8 Å². The molecular weight excluding hydrogens is 464 g/mol. The van der Waals surface area contributed by atoms with Crippen LogP contribution < -0.4 is 9.61 Å². The molecule has 0 radical (unpaired) electrons. The molecule has 0 bridgehead atoms. The lowest BCUT2D eigenvalue weighted by molar-refractivity contribution is -0.149. The number of carboxylic acids is 1. The number of thioether (sulfide) groups is 1. The van der Waals surface area contributed by atoms with Crippen LogP contribution in [0.15, 0.2) is 64.4 Å². The van der Waals surface area contributed by atoms with Crippen LogP contribution in [0.1, 0.15) is 21.9 Å². The third-order valence-electron chi connectivity index (χ3n) is 5.70. The van der Waals surface area contributed by atoms with Gasteiger partial charge in [0.25, 0.3) is 0 Å². The summed E-state index contributed by atoms with van der Waals surface area (Å²) in [7, 11) is 0. The van der Waals surface area contributed by atoms with E-state index in [1.807, 2.05) is 42.5 Å². The molecule has 2 aliphatic heterocycles. The molecule has 3 aromatic rings. The van der Waals surface area contributed by atoms with Crippen LogP contribution >= 0.6 is 23.1 Å². The highest BCUT2D eigenvalue weighted by Gasteiger charge is 2.56. The van der Waals surface area contributed by atoms with Gasteiger partial charge in [-0.25, -0.2) is 0 Å². The summed E-state index contributed by atoms with van der Waals surface area (Å²) in [5, 5.41) is 8.92. The molecule has 168 valence electrons. The maximum absolute atomic E-state index is 13.1. The highest BCUT2D eigenvalue weighted by molar-refractivity contribution is 8.00. The maximum Gasteiger partial charge on any atom is 0.323 e. The fourth-order valence-corrected chi connectivity index (χ4v) is 6.77. The van der Waals surface area contributed by atoms with Crippen molar-refractivity contribution in [3.63, 3.8) is 0 Å². The monoisotopic (exact) mass is 482 g/mol. The Hall–Kier alpha value is -3.37. The van der Waals surface area contributed by atoms with Gasteiger partial charge in [-0.05, 0) is 23.3 Å². The van der Waals surface area contributed by atoms with Gasteiger partial charge in [0, 0.05) is 10.8 Å². The van der Waals surface area contributed by atoms with Crippen molar-refractivity contribution in [3.8, 4) is 5.75 Å². The zero-order valence-corrected chi connectivity index (χ0v) is 18.7. The van der Waals surface area contributed by atoms with Crippen molar-refractivity contribution in [2.24, 2.45) is 5.92 Å². The van der Waals surface area contributed by atoms with Gasteiger partial charge in [0.15, 0.2) is 0 Å². The lowest BCUT2D eigenvalue weighted by Crippen LogP contribution is -2.36. The molecule has 1 aromatic heterocycles. The molecule has 2 amide bonds. The number of likely N-dealkylation sites (tertiary alicyclic amines) is 1. The molecule has 5 rings (SSSR count). The van der Waals surface area contributed by atoms with Crippen molar-refractivity contribution in [1.82, 2.24) is 9.88 Å². The number of thiazole rings is 1. The minimum absolute atomic E-state index is 0.262. The molecule has 0 unspecified atom stereocenters. The highest BCUT2D eigenvalue weighted by Crippen LogP contribution is 2.52. The molecule has 3 atom stereocenters. The summed E-state index contributed by atoms with van der Waals surface area (Å²) >= 11 is 2.13. The van der Waals surface area contributed by atoms with Crippen molar-refractivity contribution < 1.29 is 24.2 Å². The number of amides is 2. The number of rotatable bonds is 6. The predicted molar refractivity (Wildman–Crippen MR) is 121 cm³/mol. The summed E-state index contributed by atoms with van der Waals surface area (Å²) < 4.78 is 5.84. The fraction of sp³-hybridized carbons (Fsp3) is 0.217. The summed E-state index contributed by atoms with van der Waals surface area (Å²) in [5.74, 6) is -2.98. The SMILES string of the molecule is O=C(O)CN1C(=O)[C@@H]2[C@H](c3ccc(OCc4ccccc4)cc3)c3sc(=O)[nH]c3S[C@@H]2C1=O. The van der Waals surface area contributed by atoms with E-state index in [4.69, 9.17) is 9.84 Å². The molecule has 2 aliphatic rings. The zero-order valence-electron chi connectivity index (χ0n) is 17.1. The highest BCUT2D eigenvalue weighted by atomic mass is 32.2. The van der Waals surface area contributed by atoms with Gasteiger partial charge in [-0.1, -0.05) is 65.6 Å². The lowest BCUT2D eigenvalue weighted by atomic mass is 9.83. The van der Waals surface area contributed by atoms with Crippen LogP contribution in [0.4, 0.5) is 0 Å². The van der Waals surface area contributed by atoms with Gasteiger partial charge in [-0.3, -0.25) is 24.1 Å². The van der Waals surface area contributed by atoms with Crippen LogP contribution in [0.25, 0.3) is 0 Å². The third kappa shape index (κ3) is 3.96. The lowest BCUT2D eigenvalue weighted by Gasteiger charge is -2.29. The number of imide groups is 1. The van der Waals surface area contributed by atoms with E-state index in [0.29, 0.717) is 22.3 Å². The number of aromatic nitrogens is 1. The van der Waals surface area contributed by atoms with Crippen LogP contribution in [0.2, 0.25) is 0 Å². The Bertz CT molecular complexity index is 1280. The molecule has 2 aromatic carbocycles. The smallest absolute Gasteiger partial charge is 0.323 e. The summed E-state index contributed by atoms with van der Waals surface area (Å²) in [5.41, 5.74) is 1.79. The maximum atomic E-state index is 13.1. The van der Waals surface area contributed by atoms with E-state index in [-0.39, 0.29) is 4.87 Å². The average molecular weight is 483 g/mol. The number of carbonyl (C=O) groups excluding carboxylic acids is 2. The van der Waals surface area contributed by atoms with Gasteiger partial charge in [0.1, 0.15) is 24.2 Å². The first-order valence-electron chi connectivity index (χ1n) is 10.2. The molecule has 2 N–H and O–H groups in total. The van der Waals surface area contributed by atoms with Crippen LogP contribution in [0.5, 0.6) is 5.75 Å². The van der Waals surface area contributed by atoms with Crippen LogP contribution in [-0.2, 0) is 21.0 Å². The molecule has 1 saturated heterocycles. The molecule has 0 aliphatic carbocycles. The topological polar surface area (TPSA) is 117 Å². The van der Waals surface area contributed by atoms with E-state index in [2.05, 4.69) is 4.98 Å². The fourth-order valence-electron chi connectivity index (χ4n) is 4.24. The van der Waals surface area contributed by atoms with E-state index < -0.39 is 41.4 Å². The minimum atomic E-state index is -1.25. The number of carboxylic acid groups (broad SMARTS) is 1. The van der Waals surface area contributed by atoms with Gasteiger partial charge in [-0.15, -0.1) is 0 Å². The first kappa shape index (κ1) is 21.5. The number of ether oxygens (including phenoxy) is 1. The molecule has 0 saturated carbocycles. The standard InChI is InChI=1S/C23H18N2O6S2/c26-15(27)10-25-21(28)17-16(18-20(24-23(30)33-18)32-19(17)22(25)29)13-6-8-14(9-7-13)31-11-12-4-2-1-3-5-12/h1-9,16-17,19H,10-11H2,(H,24,30)(H,26,27)/t16-,17+,19-/m0/s1. The molecule has 10 heteroatoms. The summed E-state index contributed by atoms with van der Waals surface area (Å²) in [4.78, 5) is 53.3. The minimum Gasteiger partial charge on any atom is -0.489 e. The van der Waals surface area contributed by atoms with Crippen LogP contribution in [0.3, 0.4) is 0 Å². The van der Waals surface area contributed by atoms with E-state index in [1.165, 1.54) is 0 Å². The van der Waals surface area contributed by atoms with Gasteiger partial charge < -0.3 is 14.8 Å².